The van der Waals surface area contributed by atoms with E-state index < -0.39 is 13.3 Å². The van der Waals surface area contributed by atoms with Crippen molar-refractivity contribution < 1.29 is 18.4 Å². The lowest BCUT2D eigenvalue weighted by Crippen LogP contribution is -2.31. The Morgan fingerprint density at radius 3 is 2.35 bits per heavy atom. The van der Waals surface area contributed by atoms with E-state index in [2.05, 4.69) is 0 Å². The molecule has 1 atom stereocenters. The molecular formula is C12H21O4P. The monoisotopic (exact) mass is 260 g/mol. The molecule has 0 aromatic heterocycles. The molecule has 98 valence electrons. The summed E-state index contributed by atoms with van der Waals surface area (Å²) in [6, 6.07) is 0. The lowest BCUT2D eigenvalue weighted by atomic mass is 9.82. The second kappa shape index (κ2) is 5.47. The van der Waals surface area contributed by atoms with Gasteiger partial charge in [0.2, 0.25) is 0 Å². The van der Waals surface area contributed by atoms with Crippen LogP contribution in [0.1, 0.15) is 34.1 Å². The summed E-state index contributed by atoms with van der Waals surface area (Å²) >= 11 is 0. The van der Waals surface area contributed by atoms with Gasteiger partial charge in [-0.1, -0.05) is 19.9 Å². The number of allylic oxidation sites excluding steroid dienone is 2. The highest BCUT2D eigenvalue weighted by atomic mass is 31.2. The van der Waals surface area contributed by atoms with Crippen LogP contribution in [-0.2, 0) is 18.4 Å². The Bertz CT molecular complexity index is 350. The Morgan fingerprint density at radius 2 is 1.88 bits per heavy atom. The van der Waals surface area contributed by atoms with Gasteiger partial charge in [-0.25, -0.2) is 0 Å². The van der Waals surface area contributed by atoms with Gasteiger partial charge in [-0.15, -0.1) is 0 Å². The molecule has 0 aromatic carbocycles. The maximum atomic E-state index is 12.6. The molecular weight excluding hydrogens is 239 g/mol. The van der Waals surface area contributed by atoms with Crippen molar-refractivity contribution in [2.45, 2.75) is 39.8 Å². The van der Waals surface area contributed by atoms with Crippen molar-refractivity contribution in [1.82, 2.24) is 0 Å². The third kappa shape index (κ3) is 3.51. The van der Waals surface area contributed by atoms with E-state index in [4.69, 9.17) is 9.05 Å². The molecule has 0 radical (unpaired) electrons. The number of ketones is 1. The fourth-order valence-electron chi connectivity index (χ4n) is 1.93. The van der Waals surface area contributed by atoms with Crippen LogP contribution in [0.2, 0.25) is 0 Å². The van der Waals surface area contributed by atoms with Crippen molar-refractivity contribution in [2.24, 2.45) is 5.41 Å². The summed E-state index contributed by atoms with van der Waals surface area (Å²) in [7, 11) is -3.33. The minimum atomic E-state index is -3.33. The molecule has 0 spiro atoms. The average Bonchev–Trinajstić information content (AvgIpc) is 2.22. The van der Waals surface area contributed by atoms with E-state index in [1.165, 1.54) is 6.08 Å². The van der Waals surface area contributed by atoms with E-state index in [0.717, 1.165) is 0 Å². The zero-order valence-electron chi connectivity index (χ0n) is 10.9. The molecule has 0 N–H and O–H groups in total. The lowest BCUT2D eigenvalue weighted by Gasteiger charge is -2.33. The maximum absolute atomic E-state index is 12.6. The molecule has 1 aliphatic carbocycles. The van der Waals surface area contributed by atoms with Gasteiger partial charge in [-0.3, -0.25) is 9.36 Å². The summed E-state index contributed by atoms with van der Waals surface area (Å²) in [5.74, 6) is -0.158. The molecule has 0 aromatic rings. The molecule has 4 nitrogen and oxygen atoms in total. The Labute approximate surface area is 103 Å². The van der Waals surface area contributed by atoms with Crippen LogP contribution >= 0.6 is 7.60 Å². The van der Waals surface area contributed by atoms with Crippen molar-refractivity contribution in [3.63, 3.8) is 0 Å². The minimum absolute atomic E-state index is 0.150. The molecule has 0 amide bonds. The molecule has 1 rings (SSSR count). The summed E-state index contributed by atoms with van der Waals surface area (Å²) in [5.41, 5.74) is -0.815. The van der Waals surface area contributed by atoms with Crippen LogP contribution in [0.5, 0.6) is 0 Å². The fourth-order valence-corrected chi connectivity index (χ4v) is 4.18. The Hall–Kier alpha value is -0.440. The minimum Gasteiger partial charge on any atom is -0.308 e. The van der Waals surface area contributed by atoms with E-state index in [1.807, 2.05) is 19.9 Å². The van der Waals surface area contributed by atoms with Crippen molar-refractivity contribution in [3.05, 3.63) is 12.2 Å². The second-order valence-electron chi connectivity index (χ2n) is 4.82. The van der Waals surface area contributed by atoms with Gasteiger partial charge in [0, 0.05) is 0 Å². The van der Waals surface area contributed by atoms with Crippen LogP contribution in [0.3, 0.4) is 0 Å². The largest absolute Gasteiger partial charge is 0.341 e. The van der Waals surface area contributed by atoms with Crippen molar-refractivity contribution >= 4 is 13.4 Å². The first-order valence-electron chi connectivity index (χ1n) is 5.96. The molecule has 0 fully saturated rings. The molecule has 17 heavy (non-hydrogen) atoms. The van der Waals surface area contributed by atoms with Crippen molar-refractivity contribution in [2.75, 3.05) is 13.2 Å². The molecule has 0 aliphatic heterocycles. The molecule has 1 aliphatic rings. The SMILES string of the molecule is CCOP(=O)(OCC)C1CC(C)(C)C=CC1=O. The van der Waals surface area contributed by atoms with Crippen LogP contribution in [-0.4, -0.2) is 24.7 Å². The highest BCUT2D eigenvalue weighted by molar-refractivity contribution is 7.55. The molecule has 0 bridgehead atoms. The predicted octanol–water partition coefficient (Wildman–Crippen LogP) is 3.18. The van der Waals surface area contributed by atoms with Gasteiger partial charge in [0.05, 0.1) is 13.2 Å². The first-order valence-corrected chi connectivity index (χ1v) is 7.57. The summed E-state index contributed by atoms with van der Waals surface area (Å²) in [5, 5.41) is 0. The quantitative estimate of drug-likeness (QED) is 0.712. The van der Waals surface area contributed by atoms with Gasteiger partial charge in [0.15, 0.2) is 5.78 Å². The van der Waals surface area contributed by atoms with Crippen molar-refractivity contribution in [3.8, 4) is 0 Å². The summed E-state index contributed by atoms with van der Waals surface area (Å²) < 4.78 is 23.1. The summed E-state index contributed by atoms with van der Waals surface area (Å²) in [6.45, 7) is 8.08. The van der Waals surface area contributed by atoms with Crippen molar-refractivity contribution in [1.29, 1.82) is 0 Å². The topological polar surface area (TPSA) is 52.6 Å². The van der Waals surface area contributed by atoms with E-state index in [0.29, 0.717) is 6.42 Å². The van der Waals surface area contributed by atoms with Crippen LogP contribution in [0.15, 0.2) is 12.2 Å². The third-order valence-electron chi connectivity index (χ3n) is 2.75. The second-order valence-corrected chi connectivity index (χ2v) is 7.04. The number of hydrogen-bond acceptors (Lipinski definition) is 4. The number of carbonyl (C=O) groups is 1. The van der Waals surface area contributed by atoms with E-state index in [1.54, 1.807) is 13.8 Å². The van der Waals surface area contributed by atoms with Gasteiger partial charge in [0.25, 0.3) is 0 Å². The van der Waals surface area contributed by atoms with Gasteiger partial charge in [-0.05, 0) is 31.8 Å². The van der Waals surface area contributed by atoms with Gasteiger partial charge >= 0.3 is 7.60 Å². The standard InChI is InChI=1S/C12H21O4P/c1-5-15-17(14,16-6-2)11-9-12(3,4)8-7-10(11)13/h7-8,11H,5-6,9H2,1-4H3. The Morgan fingerprint density at radius 1 is 1.35 bits per heavy atom. The number of carbonyl (C=O) groups excluding carboxylic acids is 1. The zero-order valence-corrected chi connectivity index (χ0v) is 11.8. The average molecular weight is 260 g/mol. The molecule has 0 saturated carbocycles. The predicted molar refractivity (Wildman–Crippen MR) is 67.2 cm³/mol. The Balaban J connectivity index is 2.99. The highest BCUT2D eigenvalue weighted by Gasteiger charge is 2.44. The molecule has 0 heterocycles. The van der Waals surface area contributed by atoms with Gasteiger partial charge in [0.1, 0.15) is 5.66 Å². The normalized spacial score (nSPS) is 24.0. The van der Waals surface area contributed by atoms with Crippen LogP contribution in [0.4, 0.5) is 0 Å². The van der Waals surface area contributed by atoms with E-state index in [9.17, 15) is 9.36 Å². The first kappa shape index (κ1) is 14.6. The van der Waals surface area contributed by atoms with E-state index in [-0.39, 0.29) is 24.4 Å². The first-order chi connectivity index (χ1) is 7.84. The number of hydrogen-bond donors (Lipinski definition) is 0. The van der Waals surface area contributed by atoms with Gasteiger partial charge < -0.3 is 9.05 Å². The van der Waals surface area contributed by atoms with Crippen LogP contribution in [0.25, 0.3) is 0 Å². The summed E-state index contributed by atoms with van der Waals surface area (Å²) in [4.78, 5) is 11.9. The molecule has 1 unspecified atom stereocenters. The zero-order chi connectivity index (χ0) is 13.1. The molecule has 5 heteroatoms. The molecule has 0 saturated heterocycles. The lowest BCUT2D eigenvalue weighted by molar-refractivity contribution is -0.115. The Kier molecular flexibility index (Phi) is 4.70. The number of rotatable bonds is 5. The van der Waals surface area contributed by atoms with Crippen LogP contribution in [0, 0.1) is 5.41 Å². The summed E-state index contributed by atoms with van der Waals surface area (Å²) in [6.07, 6.45) is 3.85. The van der Waals surface area contributed by atoms with Crippen LogP contribution < -0.4 is 0 Å². The highest BCUT2D eigenvalue weighted by Crippen LogP contribution is 2.57. The van der Waals surface area contributed by atoms with E-state index >= 15 is 0 Å². The smallest absolute Gasteiger partial charge is 0.308 e. The maximum Gasteiger partial charge on any atom is 0.341 e. The fraction of sp³-hybridized carbons (Fsp3) is 0.750. The third-order valence-corrected chi connectivity index (χ3v) is 5.18. The van der Waals surface area contributed by atoms with Gasteiger partial charge in [-0.2, -0.15) is 0 Å².